The number of hydrogen-bond acceptors (Lipinski definition) is 5. The van der Waals surface area contributed by atoms with Crippen LogP contribution >= 0.6 is 0 Å². The molecule has 27 heavy (non-hydrogen) atoms. The second-order valence-corrected chi connectivity index (χ2v) is 8.24. The molecule has 0 aliphatic carbocycles. The van der Waals surface area contributed by atoms with Gasteiger partial charge in [0, 0.05) is 18.8 Å². The van der Waals surface area contributed by atoms with Gasteiger partial charge in [0.05, 0.1) is 11.5 Å². The van der Waals surface area contributed by atoms with Crippen LogP contribution in [-0.4, -0.2) is 37.1 Å². The molecule has 0 unspecified atom stereocenters. The number of rotatable bonds is 6. The van der Waals surface area contributed by atoms with Crippen LogP contribution in [-0.2, 0) is 14.8 Å². The van der Waals surface area contributed by atoms with E-state index >= 15 is 0 Å². The van der Waals surface area contributed by atoms with Crippen LogP contribution in [0.1, 0.15) is 16.7 Å². The van der Waals surface area contributed by atoms with Crippen molar-refractivity contribution >= 4 is 27.3 Å². The van der Waals surface area contributed by atoms with Gasteiger partial charge in [0.25, 0.3) is 5.69 Å². The van der Waals surface area contributed by atoms with E-state index in [-0.39, 0.29) is 5.56 Å². The average molecular weight is 391 g/mol. The van der Waals surface area contributed by atoms with Gasteiger partial charge in [0.15, 0.2) is 4.90 Å². The number of nitro benzene ring substituents is 1. The van der Waals surface area contributed by atoms with Gasteiger partial charge in [-0.25, -0.2) is 8.42 Å². The highest BCUT2D eigenvalue weighted by Crippen LogP contribution is 2.29. The van der Waals surface area contributed by atoms with E-state index in [1.807, 2.05) is 32.0 Å². The van der Waals surface area contributed by atoms with Crippen molar-refractivity contribution in [2.24, 2.45) is 0 Å². The fraction of sp³-hybridized carbons (Fsp3) is 0.278. The molecular formula is C18H21N3O5S. The topological polar surface area (TPSA) is 110 Å². The van der Waals surface area contributed by atoms with Gasteiger partial charge < -0.3 is 5.32 Å². The van der Waals surface area contributed by atoms with E-state index in [0.29, 0.717) is 5.69 Å². The Morgan fingerprint density at radius 1 is 1.07 bits per heavy atom. The van der Waals surface area contributed by atoms with Crippen LogP contribution in [0.25, 0.3) is 0 Å². The first-order chi connectivity index (χ1) is 12.6. The lowest BCUT2D eigenvalue weighted by atomic mass is 10.1. The maximum atomic E-state index is 12.8. The summed E-state index contributed by atoms with van der Waals surface area (Å²) in [4.78, 5) is 22.4. The molecule has 0 radical (unpaired) electrons. The average Bonchev–Trinajstić information content (AvgIpc) is 2.57. The van der Waals surface area contributed by atoms with E-state index in [1.54, 1.807) is 0 Å². The maximum Gasteiger partial charge on any atom is 0.289 e. The van der Waals surface area contributed by atoms with E-state index in [4.69, 9.17) is 0 Å². The zero-order chi connectivity index (χ0) is 20.4. The molecular weight excluding hydrogens is 370 g/mol. The third-order valence-corrected chi connectivity index (χ3v) is 6.16. The molecule has 8 nitrogen and oxygen atoms in total. The summed E-state index contributed by atoms with van der Waals surface area (Å²) in [5, 5.41) is 13.9. The van der Waals surface area contributed by atoms with Crippen molar-refractivity contribution in [1.82, 2.24) is 4.31 Å². The Morgan fingerprint density at radius 3 is 2.15 bits per heavy atom. The first-order valence-electron chi connectivity index (χ1n) is 8.12. The lowest BCUT2D eigenvalue weighted by Crippen LogP contribution is -2.35. The molecule has 1 amide bonds. The minimum Gasteiger partial charge on any atom is -0.324 e. The van der Waals surface area contributed by atoms with Crippen molar-refractivity contribution in [2.45, 2.75) is 25.7 Å². The van der Waals surface area contributed by atoms with Crippen LogP contribution in [0.3, 0.4) is 0 Å². The molecule has 2 aromatic rings. The van der Waals surface area contributed by atoms with Crippen LogP contribution in [0.4, 0.5) is 11.4 Å². The number of hydrogen-bond donors (Lipinski definition) is 1. The van der Waals surface area contributed by atoms with Crippen molar-refractivity contribution in [3.63, 3.8) is 0 Å². The van der Waals surface area contributed by atoms with Gasteiger partial charge in [-0.15, -0.1) is 0 Å². The third kappa shape index (κ3) is 4.32. The van der Waals surface area contributed by atoms with Crippen molar-refractivity contribution in [3.8, 4) is 0 Å². The van der Waals surface area contributed by atoms with Gasteiger partial charge in [-0.05, 0) is 37.5 Å². The quantitative estimate of drug-likeness (QED) is 0.601. The largest absolute Gasteiger partial charge is 0.324 e. The number of nitrogens with zero attached hydrogens (tertiary/aromatic N) is 2. The molecule has 0 fully saturated rings. The predicted molar refractivity (Wildman–Crippen MR) is 102 cm³/mol. The number of amides is 1. The fourth-order valence-corrected chi connectivity index (χ4v) is 4.23. The number of nitrogens with one attached hydrogen (secondary N) is 1. The van der Waals surface area contributed by atoms with E-state index < -0.39 is 38.0 Å². The second kappa shape index (κ2) is 7.85. The zero-order valence-electron chi connectivity index (χ0n) is 15.5. The lowest BCUT2D eigenvalue weighted by Gasteiger charge is -2.19. The Bertz CT molecular complexity index is 982. The SMILES string of the molecule is Cc1cccc(C)c1NC(=O)CN(C)S(=O)(=O)c1c(C)cccc1[N+](=O)[O-]. The summed E-state index contributed by atoms with van der Waals surface area (Å²) in [6, 6.07) is 9.54. The number of sulfonamides is 1. The molecule has 0 saturated carbocycles. The van der Waals surface area contributed by atoms with Crippen LogP contribution in [0.15, 0.2) is 41.3 Å². The van der Waals surface area contributed by atoms with Crippen molar-refractivity contribution in [1.29, 1.82) is 0 Å². The molecule has 1 N–H and O–H groups in total. The normalized spacial score (nSPS) is 11.4. The number of carbonyl (C=O) groups excluding carboxylic acids is 1. The Balaban J connectivity index is 2.29. The molecule has 0 aliphatic rings. The standard InChI is InChI=1S/C18H21N3O5S/c1-12-7-5-8-13(2)17(12)19-16(22)11-20(4)27(25,26)18-14(3)9-6-10-15(18)21(23)24/h5-10H,11H2,1-4H3,(H,19,22). The lowest BCUT2D eigenvalue weighted by molar-refractivity contribution is -0.387. The predicted octanol–water partition coefficient (Wildman–Crippen LogP) is 2.78. The highest BCUT2D eigenvalue weighted by atomic mass is 32.2. The third-order valence-electron chi connectivity index (χ3n) is 4.17. The smallest absolute Gasteiger partial charge is 0.289 e. The number of carbonyl (C=O) groups is 1. The minimum atomic E-state index is -4.22. The van der Waals surface area contributed by atoms with Crippen LogP contribution in [0, 0.1) is 30.9 Å². The minimum absolute atomic E-state index is 0.242. The van der Waals surface area contributed by atoms with Gasteiger partial charge in [-0.2, -0.15) is 4.31 Å². The van der Waals surface area contributed by atoms with Gasteiger partial charge in [-0.3, -0.25) is 14.9 Å². The highest BCUT2D eigenvalue weighted by molar-refractivity contribution is 7.89. The van der Waals surface area contributed by atoms with Gasteiger partial charge in [0.2, 0.25) is 15.9 Å². The molecule has 2 rings (SSSR count). The summed E-state index contributed by atoms with van der Waals surface area (Å²) < 4.78 is 26.5. The number of likely N-dealkylation sites (N-methyl/N-ethyl adjacent to an activating group) is 1. The summed E-state index contributed by atoms with van der Waals surface area (Å²) in [7, 11) is -3.00. The fourth-order valence-electron chi connectivity index (χ4n) is 2.75. The second-order valence-electron chi connectivity index (χ2n) is 6.26. The number of nitro groups is 1. The number of benzene rings is 2. The van der Waals surface area contributed by atoms with E-state index in [2.05, 4.69) is 5.32 Å². The maximum absolute atomic E-state index is 12.8. The van der Waals surface area contributed by atoms with Crippen LogP contribution in [0.5, 0.6) is 0 Å². The first-order valence-corrected chi connectivity index (χ1v) is 9.56. The monoisotopic (exact) mass is 391 g/mol. The zero-order valence-corrected chi connectivity index (χ0v) is 16.3. The van der Waals surface area contributed by atoms with Crippen molar-refractivity contribution in [2.75, 3.05) is 18.9 Å². The van der Waals surface area contributed by atoms with E-state index in [1.165, 1.54) is 26.1 Å². The van der Waals surface area contributed by atoms with Crippen molar-refractivity contribution < 1.29 is 18.1 Å². The number of para-hydroxylation sites is 1. The molecule has 2 aromatic carbocycles. The van der Waals surface area contributed by atoms with Gasteiger partial charge >= 0.3 is 0 Å². The summed E-state index contributed by atoms with van der Waals surface area (Å²) in [6.07, 6.45) is 0. The molecule has 0 spiro atoms. The Labute approximate surface area is 158 Å². The van der Waals surface area contributed by atoms with Crippen molar-refractivity contribution in [3.05, 3.63) is 63.2 Å². The Hall–Kier alpha value is -2.78. The van der Waals surface area contributed by atoms with Crippen LogP contribution in [0.2, 0.25) is 0 Å². The first kappa shape index (κ1) is 20.5. The summed E-state index contributed by atoms with van der Waals surface area (Å²) in [5.41, 5.74) is 2.05. The number of anilines is 1. The molecule has 0 bridgehead atoms. The summed E-state index contributed by atoms with van der Waals surface area (Å²) in [5.74, 6) is -0.533. The summed E-state index contributed by atoms with van der Waals surface area (Å²) >= 11 is 0. The number of aryl methyl sites for hydroxylation is 3. The van der Waals surface area contributed by atoms with E-state index in [0.717, 1.165) is 21.5 Å². The van der Waals surface area contributed by atoms with E-state index in [9.17, 15) is 23.3 Å². The Morgan fingerprint density at radius 2 is 1.59 bits per heavy atom. The van der Waals surface area contributed by atoms with Gasteiger partial charge in [0.1, 0.15) is 0 Å². The highest BCUT2D eigenvalue weighted by Gasteiger charge is 2.32. The Kier molecular flexibility index (Phi) is 5.97. The molecule has 144 valence electrons. The molecule has 0 saturated heterocycles. The molecule has 0 aromatic heterocycles. The van der Waals surface area contributed by atoms with Gasteiger partial charge in [-0.1, -0.05) is 30.3 Å². The van der Waals surface area contributed by atoms with Crippen LogP contribution < -0.4 is 5.32 Å². The summed E-state index contributed by atoms with van der Waals surface area (Å²) in [6.45, 7) is 4.67. The molecule has 0 heterocycles. The molecule has 0 aliphatic heterocycles. The molecule has 9 heteroatoms. The molecule has 0 atom stereocenters.